The van der Waals surface area contributed by atoms with E-state index in [1.807, 2.05) is 12.1 Å². The maximum atomic E-state index is 8.63. The molecule has 18 heavy (non-hydrogen) atoms. The molecule has 0 radical (unpaired) electrons. The summed E-state index contributed by atoms with van der Waals surface area (Å²) >= 11 is 7.91. The number of halogens is 1. The van der Waals surface area contributed by atoms with Gasteiger partial charge in [0.15, 0.2) is 5.84 Å². The summed E-state index contributed by atoms with van der Waals surface area (Å²) in [6, 6.07) is 5.58. The Morgan fingerprint density at radius 2 is 2.17 bits per heavy atom. The SMILES string of the molecule is NC(=NO)c1ccc(SC2CCOCC2)cc1Cl. The third kappa shape index (κ3) is 3.31. The van der Waals surface area contributed by atoms with E-state index in [2.05, 4.69) is 5.16 Å². The van der Waals surface area contributed by atoms with E-state index in [1.54, 1.807) is 17.8 Å². The van der Waals surface area contributed by atoms with Crippen molar-refractivity contribution in [3.05, 3.63) is 28.8 Å². The Morgan fingerprint density at radius 1 is 1.44 bits per heavy atom. The van der Waals surface area contributed by atoms with Crippen LogP contribution in [-0.2, 0) is 4.74 Å². The normalized spacial score (nSPS) is 17.9. The Labute approximate surface area is 115 Å². The summed E-state index contributed by atoms with van der Waals surface area (Å²) in [6.07, 6.45) is 2.12. The van der Waals surface area contributed by atoms with Crippen molar-refractivity contribution in [2.24, 2.45) is 10.9 Å². The van der Waals surface area contributed by atoms with E-state index in [4.69, 9.17) is 27.3 Å². The molecule has 0 aromatic heterocycles. The van der Waals surface area contributed by atoms with Crippen molar-refractivity contribution in [2.75, 3.05) is 13.2 Å². The second-order valence-corrected chi connectivity index (χ2v) is 5.84. The first-order valence-corrected chi connectivity index (χ1v) is 6.98. The molecule has 4 nitrogen and oxygen atoms in total. The summed E-state index contributed by atoms with van der Waals surface area (Å²) in [5, 5.41) is 12.7. The maximum absolute atomic E-state index is 8.63. The van der Waals surface area contributed by atoms with Crippen molar-refractivity contribution in [2.45, 2.75) is 23.0 Å². The van der Waals surface area contributed by atoms with Gasteiger partial charge >= 0.3 is 0 Å². The maximum Gasteiger partial charge on any atom is 0.171 e. The molecular weight excluding hydrogens is 272 g/mol. The lowest BCUT2D eigenvalue weighted by molar-refractivity contribution is 0.100. The van der Waals surface area contributed by atoms with Crippen molar-refractivity contribution < 1.29 is 9.94 Å². The Kier molecular flexibility index (Phi) is 4.74. The predicted molar refractivity (Wildman–Crippen MR) is 73.7 cm³/mol. The Hall–Kier alpha value is -0.910. The Balaban J connectivity index is 2.08. The fraction of sp³-hybridized carbons (Fsp3) is 0.417. The molecule has 1 aliphatic rings. The van der Waals surface area contributed by atoms with Gasteiger partial charge in [-0.25, -0.2) is 0 Å². The minimum Gasteiger partial charge on any atom is -0.409 e. The second kappa shape index (κ2) is 6.31. The number of nitrogens with zero attached hydrogens (tertiary/aromatic N) is 1. The van der Waals surface area contributed by atoms with Gasteiger partial charge in [0.05, 0.1) is 5.02 Å². The van der Waals surface area contributed by atoms with Gasteiger partial charge in [-0.15, -0.1) is 11.8 Å². The molecule has 98 valence electrons. The average Bonchev–Trinajstić information content (AvgIpc) is 2.39. The zero-order chi connectivity index (χ0) is 13.0. The summed E-state index contributed by atoms with van der Waals surface area (Å²) < 4.78 is 5.33. The monoisotopic (exact) mass is 286 g/mol. The van der Waals surface area contributed by atoms with Crippen LogP contribution in [0.25, 0.3) is 0 Å². The van der Waals surface area contributed by atoms with Gasteiger partial charge in [-0.2, -0.15) is 0 Å². The van der Waals surface area contributed by atoms with Crippen LogP contribution in [0.5, 0.6) is 0 Å². The van der Waals surface area contributed by atoms with Crippen LogP contribution in [0.4, 0.5) is 0 Å². The molecule has 0 aliphatic carbocycles. The molecular formula is C12H15ClN2O2S. The smallest absolute Gasteiger partial charge is 0.171 e. The lowest BCUT2D eigenvalue weighted by Gasteiger charge is -2.21. The highest BCUT2D eigenvalue weighted by atomic mass is 35.5. The van der Waals surface area contributed by atoms with Gasteiger partial charge in [0, 0.05) is 28.9 Å². The minimum atomic E-state index is 0.0302. The van der Waals surface area contributed by atoms with E-state index < -0.39 is 0 Å². The number of oxime groups is 1. The van der Waals surface area contributed by atoms with Gasteiger partial charge in [0.1, 0.15) is 0 Å². The number of ether oxygens (including phenoxy) is 1. The standard InChI is InChI=1S/C12H15ClN2O2S/c13-11-7-9(1-2-10(11)12(14)15-16)18-8-3-5-17-6-4-8/h1-2,7-8,16H,3-6H2,(H2,14,15). The highest BCUT2D eigenvalue weighted by Crippen LogP contribution is 2.32. The lowest BCUT2D eigenvalue weighted by Crippen LogP contribution is -2.17. The largest absolute Gasteiger partial charge is 0.409 e. The second-order valence-electron chi connectivity index (χ2n) is 4.06. The predicted octanol–water partition coefficient (Wildman–Crippen LogP) is 2.71. The summed E-state index contributed by atoms with van der Waals surface area (Å²) in [5.41, 5.74) is 6.07. The zero-order valence-corrected chi connectivity index (χ0v) is 11.4. The van der Waals surface area contributed by atoms with Gasteiger partial charge in [-0.3, -0.25) is 0 Å². The molecule has 0 bridgehead atoms. The van der Waals surface area contributed by atoms with Crippen LogP contribution in [-0.4, -0.2) is 29.5 Å². The molecule has 2 rings (SSSR count). The molecule has 0 amide bonds. The molecule has 0 atom stereocenters. The molecule has 0 spiro atoms. The van der Waals surface area contributed by atoms with Crippen LogP contribution in [0.2, 0.25) is 5.02 Å². The average molecular weight is 287 g/mol. The molecule has 1 saturated heterocycles. The third-order valence-electron chi connectivity index (χ3n) is 2.80. The van der Waals surface area contributed by atoms with E-state index in [0.29, 0.717) is 15.8 Å². The van der Waals surface area contributed by atoms with Crippen molar-refractivity contribution in [3.8, 4) is 0 Å². The van der Waals surface area contributed by atoms with E-state index in [0.717, 1.165) is 31.0 Å². The van der Waals surface area contributed by atoms with E-state index in [-0.39, 0.29) is 5.84 Å². The number of thioether (sulfide) groups is 1. The fourth-order valence-corrected chi connectivity index (χ4v) is 3.30. The van der Waals surface area contributed by atoms with Gasteiger partial charge in [0.2, 0.25) is 0 Å². The van der Waals surface area contributed by atoms with Crippen LogP contribution in [0.1, 0.15) is 18.4 Å². The Morgan fingerprint density at radius 3 is 2.78 bits per heavy atom. The van der Waals surface area contributed by atoms with Crippen molar-refractivity contribution in [3.63, 3.8) is 0 Å². The minimum absolute atomic E-state index is 0.0302. The number of hydrogen-bond donors (Lipinski definition) is 2. The first-order valence-electron chi connectivity index (χ1n) is 5.72. The Bertz CT molecular complexity index is 448. The van der Waals surface area contributed by atoms with E-state index in [1.165, 1.54) is 0 Å². The molecule has 3 N–H and O–H groups in total. The molecule has 1 aromatic carbocycles. The molecule has 1 heterocycles. The van der Waals surface area contributed by atoms with Crippen molar-refractivity contribution in [1.29, 1.82) is 0 Å². The summed E-state index contributed by atoms with van der Waals surface area (Å²) in [6.45, 7) is 1.65. The summed E-state index contributed by atoms with van der Waals surface area (Å²) in [7, 11) is 0. The number of amidine groups is 1. The summed E-state index contributed by atoms with van der Waals surface area (Å²) in [5.74, 6) is 0.0302. The third-order valence-corrected chi connectivity index (χ3v) is 4.44. The van der Waals surface area contributed by atoms with Crippen molar-refractivity contribution >= 4 is 29.2 Å². The highest BCUT2D eigenvalue weighted by molar-refractivity contribution is 8.00. The molecule has 1 aromatic rings. The quantitative estimate of drug-likeness (QED) is 0.388. The highest BCUT2D eigenvalue weighted by Gasteiger charge is 2.16. The number of nitrogens with two attached hydrogens (primary N) is 1. The topological polar surface area (TPSA) is 67.8 Å². The van der Waals surface area contributed by atoms with Crippen LogP contribution >= 0.6 is 23.4 Å². The van der Waals surface area contributed by atoms with Gasteiger partial charge < -0.3 is 15.7 Å². The van der Waals surface area contributed by atoms with E-state index >= 15 is 0 Å². The number of rotatable bonds is 3. The first kappa shape index (κ1) is 13.5. The molecule has 0 unspecified atom stereocenters. The van der Waals surface area contributed by atoms with Crippen LogP contribution in [0, 0.1) is 0 Å². The molecule has 0 saturated carbocycles. The lowest BCUT2D eigenvalue weighted by atomic mass is 10.2. The van der Waals surface area contributed by atoms with Gasteiger partial charge in [-0.1, -0.05) is 16.8 Å². The van der Waals surface area contributed by atoms with Gasteiger partial charge in [0.25, 0.3) is 0 Å². The van der Waals surface area contributed by atoms with E-state index in [9.17, 15) is 0 Å². The van der Waals surface area contributed by atoms with Crippen molar-refractivity contribution in [1.82, 2.24) is 0 Å². The van der Waals surface area contributed by atoms with Crippen LogP contribution in [0.3, 0.4) is 0 Å². The summed E-state index contributed by atoms with van der Waals surface area (Å²) in [4.78, 5) is 1.10. The van der Waals surface area contributed by atoms with Gasteiger partial charge in [-0.05, 0) is 31.0 Å². The van der Waals surface area contributed by atoms with Crippen LogP contribution < -0.4 is 5.73 Å². The van der Waals surface area contributed by atoms with Crippen LogP contribution in [0.15, 0.2) is 28.3 Å². The number of benzene rings is 1. The zero-order valence-electron chi connectivity index (χ0n) is 9.80. The fourth-order valence-electron chi connectivity index (χ4n) is 1.82. The first-order chi connectivity index (χ1) is 8.70. The molecule has 1 aliphatic heterocycles. The molecule has 1 fully saturated rings. The molecule has 6 heteroatoms. The number of hydrogen-bond acceptors (Lipinski definition) is 4.